The van der Waals surface area contributed by atoms with Crippen LogP contribution in [0.3, 0.4) is 0 Å². The van der Waals surface area contributed by atoms with E-state index >= 15 is 0 Å². The zero-order valence-corrected chi connectivity index (χ0v) is 11.8. The third kappa shape index (κ3) is 4.58. The summed E-state index contributed by atoms with van der Waals surface area (Å²) in [5.74, 6) is 0. The molecule has 0 bridgehead atoms. The number of hydrogen-bond donors (Lipinski definition) is 3. The van der Waals surface area contributed by atoms with E-state index < -0.39 is 10.2 Å². The molecule has 0 aliphatic heterocycles. The van der Waals surface area contributed by atoms with Crippen LogP contribution in [0.2, 0.25) is 0 Å². The summed E-state index contributed by atoms with van der Waals surface area (Å²) in [7, 11) is -1.66. The molecule has 0 amide bonds. The molecule has 0 spiro atoms. The van der Waals surface area contributed by atoms with Crippen molar-refractivity contribution in [3.8, 4) is 0 Å². The van der Waals surface area contributed by atoms with Crippen molar-refractivity contribution in [2.45, 2.75) is 26.3 Å². The van der Waals surface area contributed by atoms with Crippen molar-refractivity contribution in [3.05, 3.63) is 11.1 Å². The van der Waals surface area contributed by atoms with E-state index in [2.05, 4.69) is 19.7 Å². The van der Waals surface area contributed by atoms with Gasteiger partial charge in [0.05, 0.1) is 5.69 Å². The monoisotopic (exact) mass is 278 g/mol. The molecule has 1 heterocycles. The lowest BCUT2D eigenvalue weighted by molar-refractivity contribution is 0.586. The topological polar surface area (TPSA) is 83.1 Å². The number of nitrogens with zero attached hydrogens (tertiary/aromatic N) is 1. The number of thiazole rings is 1. The van der Waals surface area contributed by atoms with Crippen molar-refractivity contribution in [3.63, 3.8) is 0 Å². The fourth-order valence-corrected chi connectivity index (χ4v) is 3.06. The molecule has 6 nitrogen and oxygen atoms in total. The van der Waals surface area contributed by atoms with Crippen molar-refractivity contribution in [1.29, 1.82) is 0 Å². The van der Waals surface area contributed by atoms with Crippen LogP contribution in [0.5, 0.6) is 0 Å². The molecule has 98 valence electrons. The fourth-order valence-electron chi connectivity index (χ4n) is 1.07. The highest BCUT2D eigenvalue weighted by atomic mass is 32.2. The average Bonchev–Trinajstić information content (AvgIpc) is 2.73. The predicted octanol–water partition coefficient (Wildman–Crippen LogP) is 1.08. The summed E-state index contributed by atoms with van der Waals surface area (Å²) in [5, 5.41) is 5.26. The van der Waals surface area contributed by atoms with Gasteiger partial charge < -0.3 is 5.32 Å². The maximum Gasteiger partial charge on any atom is 0.300 e. The minimum absolute atomic E-state index is 0.105. The number of anilines is 1. The summed E-state index contributed by atoms with van der Waals surface area (Å²) < 4.78 is 27.9. The Morgan fingerprint density at radius 3 is 2.82 bits per heavy atom. The highest BCUT2D eigenvalue weighted by Gasteiger charge is 2.13. The molecule has 3 N–H and O–H groups in total. The Labute approximate surface area is 106 Å². The molecule has 1 aromatic heterocycles. The van der Waals surface area contributed by atoms with Crippen LogP contribution in [-0.2, 0) is 10.2 Å². The van der Waals surface area contributed by atoms with Gasteiger partial charge in [0.15, 0.2) is 5.13 Å². The Morgan fingerprint density at radius 1 is 1.53 bits per heavy atom. The quantitative estimate of drug-likeness (QED) is 0.697. The number of nitrogens with one attached hydrogen (secondary N) is 3. The van der Waals surface area contributed by atoms with Gasteiger partial charge >= 0.3 is 10.2 Å². The van der Waals surface area contributed by atoms with Crippen LogP contribution in [-0.4, -0.2) is 27.0 Å². The van der Waals surface area contributed by atoms with Gasteiger partial charge in [0.2, 0.25) is 0 Å². The molecule has 0 radical (unpaired) electrons. The number of rotatable bonds is 7. The van der Waals surface area contributed by atoms with Gasteiger partial charge in [0.1, 0.15) is 0 Å². The molecule has 0 aliphatic rings. The van der Waals surface area contributed by atoms with Crippen LogP contribution in [0.1, 0.15) is 32.0 Å². The zero-order valence-electron chi connectivity index (χ0n) is 10.1. The second-order valence-corrected chi connectivity index (χ2v) is 5.95. The minimum atomic E-state index is -3.49. The van der Waals surface area contributed by atoms with Crippen molar-refractivity contribution < 1.29 is 8.42 Å². The van der Waals surface area contributed by atoms with Crippen LogP contribution >= 0.6 is 11.3 Å². The summed E-state index contributed by atoms with van der Waals surface area (Å²) in [6.07, 6.45) is 0.751. The lowest BCUT2D eigenvalue weighted by atomic mass is 10.3. The largest absolute Gasteiger partial charge is 0.312 e. The number of aromatic nitrogens is 1. The molecular formula is C9H18N4O2S2. The zero-order chi connectivity index (χ0) is 12.9. The minimum Gasteiger partial charge on any atom is -0.312 e. The molecule has 1 unspecified atom stereocenters. The van der Waals surface area contributed by atoms with Gasteiger partial charge in [0.25, 0.3) is 0 Å². The summed E-state index contributed by atoms with van der Waals surface area (Å²) in [4.78, 5) is 4.20. The fraction of sp³-hybridized carbons (Fsp3) is 0.667. The maximum absolute atomic E-state index is 11.5. The van der Waals surface area contributed by atoms with E-state index in [1.807, 2.05) is 26.3 Å². The van der Waals surface area contributed by atoms with Gasteiger partial charge in [-0.3, -0.25) is 0 Å². The molecule has 1 aromatic rings. The molecule has 8 heteroatoms. The first-order valence-corrected chi connectivity index (χ1v) is 7.75. The van der Waals surface area contributed by atoms with E-state index in [0.29, 0.717) is 11.7 Å². The summed E-state index contributed by atoms with van der Waals surface area (Å²) >= 11 is 1.27. The lowest BCUT2D eigenvalue weighted by Crippen LogP contribution is -2.30. The summed E-state index contributed by atoms with van der Waals surface area (Å²) in [5.41, 5.74) is 0.825. The van der Waals surface area contributed by atoms with Gasteiger partial charge in [-0.1, -0.05) is 6.92 Å². The standard InChI is InChI=1S/C9H18N4O2S2/c1-4-5-11-17(14,15)13-9-12-8(6-16-9)7(2)10-3/h6-7,10-11H,4-5H2,1-3H3,(H,12,13). The third-order valence-electron chi connectivity index (χ3n) is 2.16. The Hall–Kier alpha value is -0.700. The second kappa shape index (κ2) is 6.29. The second-order valence-electron chi connectivity index (χ2n) is 3.59. The SMILES string of the molecule is CCCNS(=O)(=O)Nc1nc(C(C)NC)cs1. The van der Waals surface area contributed by atoms with E-state index in [1.54, 1.807) is 0 Å². The first-order chi connectivity index (χ1) is 7.98. The van der Waals surface area contributed by atoms with Crippen LogP contribution in [0.15, 0.2) is 5.38 Å². The molecule has 0 saturated heterocycles. The molecule has 0 aromatic carbocycles. The van der Waals surface area contributed by atoms with Gasteiger partial charge in [-0.05, 0) is 20.4 Å². The number of hydrogen-bond acceptors (Lipinski definition) is 5. The Balaban J connectivity index is 2.66. The van der Waals surface area contributed by atoms with E-state index in [1.165, 1.54) is 11.3 Å². The van der Waals surface area contributed by atoms with Gasteiger partial charge in [0, 0.05) is 18.0 Å². The molecule has 0 saturated carbocycles. The molecule has 1 rings (SSSR count). The molecule has 17 heavy (non-hydrogen) atoms. The molecule has 0 aliphatic carbocycles. The van der Waals surface area contributed by atoms with Crippen molar-refractivity contribution >= 4 is 26.7 Å². The Bertz CT molecular complexity index is 444. The molecule has 1 atom stereocenters. The lowest BCUT2D eigenvalue weighted by Gasteiger charge is -2.06. The van der Waals surface area contributed by atoms with E-state index in [-0.39, 0.29) is 6.04 Å². The van der Waals surface area contributed by atoms with Crippen LogP contribution in [0.25, 0.3) is 0 Å². The Morgan fingerprint density at radius 2 is 2.24 bits per heavy atom. The predicted molar refractivity (Wildman–Crippen MR) is 70.4 cm³/mol. The summed E-state index contributed by atoms with van der Waals surface area (Å²) in [6, 6.07) is 0.105. The summed E-state index contributed by atoms with van der Waals surface area (Å²) in [6.45, 7) is 4.28. The molecular weight excluding hydrogens is 260 g/mol. The van der Waals surface area contributed by atoms with Crippen LogP contribution in [0.4, 0.5) is 5.13 Å². The third-order valence-corrected chi connectivity index (χ3v) is 4.11. The first kappa shape index (κ1) is 14.4. The van der Waals surface area contributed by atoms with Crippen molar-refractivity contribution in [2.24, 2.45) is 0 Å². The van der Waals surface area contributed by atoms with Crippen molar-refractivity contribution in [2.75, 3.05) is 18.3 Å². The first-order valence-electron chi connectivity index (χ1n) is 5.38. The van der Waals surface area contributed by atoms with E-state index in [0.717, 1.165) is 12.1 Å². The van der Waals surface area contributed by atoms with Gasteiger partial charge in [-0.25, -0.2) is 9.71 Å². The maximum atomic E-state index is 11.5. The molecule has 0 fully saturated rings. The highest BCUT2D eigenvalue weighted by molar-refractivity contribution is 7.91. The van der Waals surface area contributed by atoms with E-state index in [9.17, 15) is 8.42 Å². The normalized spacial score (nSPS) is 13.6. The van der Waals surface area contributed by atoms with Crippen LogP contribution < -0.4 is 14.8 Å². The van der Waals surface area contributed by atoms with Crippen molar-refractivity contribution in [1.82, 2.24) is 15.0 Å². The van der Waals surface area contributed by atoms with Gasteiger partial charge in [-0.2, -0.15) is 13.1 Å². The highest BCUT2D eigenvalue weighted by Crippen LogP contribution is 2.20. The smallest absolute Gasteiger partial charge is 0.300 e. The van der Waals surface area contributed by atoms with E-state index in [4.69, 9.17) is 0 Å². The Kier molecular flexibility index (Phi) is 5.31. The van der Waals surface area contributed by atoms with Gasteiger partial charge in [-0.15, -0.1) is 11.3 Å². The van der Waals surface area contributed by atoms with Crippen LogP contribution in [0, 0.1) is 0 Å². The average molecular weight is 278 g/mol.